The summed E-state index contributed by atoms with van der Waals surface area (Å²) < 4.78 is 16.3. The van der Waals surface area contributed by atoms with Crippen LogP contribution in [0.4, 0.5) is 10.2 Å². The van der Waals surface area contributed by atoms with E-state index in [9.17, 15) is 9.18 Å². The van der Waals surface area contributed by atoms with Crippen LogP contribution in [0.15, 0.2) is 79.4 Å². The van der Waals surface area contributed by atoms with Crippen molar-refractivity contribution in [3.05, 3.63) is 108 Å². The van der Waals surface area contributed by atoms with E-state index in [2.05, 4.69) is 37.8 Å². The van der Waals surface area contributed by atoms with Crippen LogP contribution in [-0.2, 0) is 12.8 Å². The molecule has 41 heavy (non-hydrogen) atoms. The molecule has 4 N–H and O–H groups in total. The second kappa shape index (κ2) is 10.6. The van der Waals surface area contributed by atoms with E-state index >= 15 is 0 Å². The molecular weight excluding hydrogens is 521 g/mol. The van der Waals surface area contributed by atoms with E-state index in [0.29, 0.717) is 11.5 Å². The second-order valence-corrected chi connectivity index (χ2v) is 9.63. The number of fused-ring (bicyclic) bond motifs is 2. The van der Waals surface area contributed by atoms with Crippen molar-refractivity contribution in [2.45, 2.75) is 26.2 Å². The number of rotatable bonds is 4. The normalized spacial score (nSPS) is 12.1. The van der Waals surface area contributed by atoms with Crippen LogP contribution >= 0.6 is 0 Å². The number of hydrogen-bond acceptors (Lipinski definition) is 7. The average molecular weight is 548 g/mol. The predicted octanol–water partition coefficient (Wildman–Crippen LogP) is 4.37. The minimum absolute atomic E-state index is 0.130. The van der Waals surface area contributed by atoms with Gasteiger partial charge in [-0.05, 0) is 85.8 Å². The summed E-state index contributed by atoms with van der Waals surface area (Å²) in [5.41, 5.74) is 17.9. The molecule has 1 amide bonds. The van der Waals surface area contributed by atoms with Crippen LogP contribution in [0.2, 0.25) is 0 Å². The number of halogens is 1. The minimum Gasteiger partial charge on any atom is -0.383 e. The van der Waals surface area contributed by atoms with Gasteiger partial charge in [-0.25, -0.2) is 24.0 Å². The van der Waals surface area contributed by atoms with Crippen molar-refractivity contribution in [3.63, 3.8) is 0 Å². The fraction of sp³-hybridized carbons (Fsp3) is 0.133. The Morgan fingerprint density at radius 3 is 2.59 bits per heavy atom. The van der Waals surface area contributed by atoms with Crippen molar-refractivity contribution in [1.29, 1.82) is 0 Å². The summed E-state index contributed by atoms with van der Waals surface area (Å²) in [6.45, 7) is 1.60. The summed E-state index contributed by atoms with van der Waals surface area (Å²) in [4.78, 5) is 28.3. The average Bonchev–Trinajstić information content (AvgIpc) is 3.74. The zero-order valence-electron chi connectivity index (χ0n) is 22.2. The number of nitrogens with two attached hydrogens (primary N) is 2. The van der Waals surface area contributed by atoms with Gasteiger partial charge >= 0.3 is 0 Å². The van der Waals surface area contributed by atoms with Gasteiger partial charge in [-0.3, -0.25) is 14.3 Å². The van der Waals surface area contributed by atoms with Crippen LogP contribution in [0.1, 0.15) is 33.6 Å². The molecular formula is C30H26FN9O. The van der Waals surface area contributed by atoms with Crippen LogP contribution in [0.25, 0.3) is 34.1 Å². The highest BCUT2D eigenvalue weighted by Crippen LogP contribution is 2.32. The standard InChI is InChI=1S/C23H19N7.C7H7FN2O/c24-21-18(6-2-11-25-21)22-27-19-9-10-20(29-13-3-12-26-29)28-23(19)30(22)17-8-7-15-4-1-5-16(15)14-17;1-4-6(7(9)11)2-5(8)3-10-4/h2-3,6-14H,1,4-5H2,(H2,24,25);2-3H,1H3,(H2,9,11). The zero-order valence-corrected chi connectivity index (χ0v) is 22.2. The number of carbonyl (C=O) groups excluding carboxylic acids is 1. The number of pyridine rings is 3. The number of aromatic nitrogens is 7. The lowest BCUT2D eigenvalue weighted by atomic mass is 10.1. The first-order chi connectivity index (χ1) is 19.9. The number of aryl methyl sites for hydroxylation is 3. The summed E-state index contributed by atoms with van der Waals surface area (Å²) >= 11 is 0. The number of amides is 1. The van der Waals surface area contributed by atoms with Gasteiger partial charge in [-0.1, -0.05) is 6.07 Å². The lowest BCUT2D eigenvalue weighted by molar-refractivity contribution is 0.0999. The number of hydrogen-bond donors (Lipinski definition) is 2. The fourth-order valence-electron chi connectivity index (χ4n) is 4.97. The first-order valence-electron chi connectivity index (χ1n) is 13.0. The molecule has 0 unspecified atom stereocenters. The summed E-state index contributed by atoms with van der Waals surface area (Å²) in [5, 5.41) is 4.32. The Bertz CT molecular complexity index is 1900. The Balaban J connectivity index is 0.000000233. The Hall–Kier alpha value is -5.45. The van der Waals surface area contributed by atoms with Gasteiger partial charge in [0.05, 0.1) is 23.0 Å². The lowest BCUT2D eigenvalue weighted by Crippen LogP contribution is -2.13. The Kier molecular flexibility index (Phi) is 6.68. The van der Waals surface area contributed by atoms with Crippen LogP contribution in [0, 0.1) is 12.7 Å². The highest BCUT2D eigenvalue weighted by Gasteiger charge is 2.20. The molecule has 10 nitrogen and oxygen atoms in total. The molecule has 0 fully saturated rings. The molecule has 0 spiro atoms. The zero-order chi connectivity index (χ0) is 28.5. The molecule has 7 rings (SSSR count). The van der Waals surface area contributed by atoms with Crippen LogP contribution in [-0.4, -0.2) is 40.2 Å². The van der Waals surface area contributed by atoms with E-state index in [-0.39, 0.29) is 5.56 Å². The first-order valence-corrected chi connectivity index (χ1v) is 13.0. The first kappa shape index (κ1) is 25.8. The highest BCUT2D eigenvalue weighted by molar-refractivity contribution is 5.93. The van der Waals surface area contributed by atoms with Gasteiger partial charge in [0.15, 0.2) is 17.3 Å². The van der Waals surface area contributed by atoms with Crippen molar-refractivity contribution in [1.82, 2.24) is 34.3 Å². The molecule has 11 heteroatoms. The second-order valence-electron chi connectivity index (χ2n) is 9.63. The van der Waals surface area contributed by atoms with Crippen LogP contribution in [0.5, 0.6) is 0 Å². The van der Waals surface area contributed by atoms with Gasteiger partial charge in [0.25, 0.3) is 5.91 Å². The van der Waals surface area contributed by atoms with E-state index in [1.807, 2.05) is 36.5 Å². The number of carbonyl (C=O) groups is 1. The van der Waals surface area contributed by atoms with Crippen molar-refractivity contribution < 1.29 is 9.18 Å². The van der Waals surface area contributed by atoms with E-state index in [0.717, 1.165) is 59.2 Å². The highest BCUT2D eigenvalue weighted by atomic mass is 19.1. The predicted molar refractivity (Wildman–Crippen MR) is 153 cm³/mol. The topological polar surface area (TPSA) is 143 Å². The van der Waals surface area contributed by atoms with Crippen molar-refractivity contribution in [2.75, 3.05) is 5.73 Å². The van der Waals surface area contributed by atoms with Crippen molar-refractivity contribution >= 4 is 22.9 Å². The molecule has 0 saturated heterocycles. The molecule has 0 radical (unpaired) electrons. The third-order valence-corrected chi connectivity index (χ3v) is 6.97. The Morgan fingerprint density at radius 1 is 0.976 bits per heavy atom. The molecule has 5 aromatic heterocycles. The number of nitrogens with zero attached hydrogens (tertiary/aromatic N) is 7. The molecule has 204 valence electrons. The SMILES string of the molecule is Cc1ncc(F)cc1C(N)=O.Nc1ncccc1-c1nc2ccc(-n3cccn3)nc2n1-c1ccc2c(c1)CCC2. The third-order valence-electron chi connectivity index (χ3n) is 6.97. The summed E-state index contributed by atoms with van der Waals surface area (Å²) in [7, 11) is 0. The Morgan fingerprint density at radius 2 is 1.83 bits per heavy atom. The molecule has 1 aliphatic rings. The number of benzene rings is 1. The summed E-state index contributed by atoms with van der Waals surface area (Å²) in [5.74, 6) is 0.709. The largest absolute Gasteiger partial charge is 0.383 e. The number of nitrogen functional groups attached to an aromatic ring is 1. The molecule has 5 heterocycles. The molecule has 0 bridgehead atoms. The number of primary amides is 1. The van der Waals surface area contributed by atoms with Gasteiger partial charge in [-0.15, -0.1) is 0 Å². The smallest absolute Gasteiger partial charge is 0.250 e. The maximum absolute atomic E-state index is 12.4. The van der Waals surface area contributed by atoms with Gasteiger partial charge in [0, 0.05) is 24.3 Å². The van der Waals surface area contributed by atoms with E-state index in [4.69, 9.17) is 21.4 Å². The minimum atomic E-state index is -0.658. The van der Waals surface area contributed by atoms with Gasteiger partial charge in [-0.2, -0.15) is 5.10 Å². The van der Waals surface area contributed by atoms with E-state index < -0.39 is 11.7 Å². The molecule has 0 atom stereocenters. The van der Waals surface area contributed by atoms with Gasteiger partial charge in [0.2, 0.25) is 0 Å². The summed E-state index contributed by atoms with van der Waals surface area (Å²) in [6, 6.07) is 17.3. The molecule has 0 aliphatic heterocycles. The molecule has 6 aromatic rings. The van der Waals surface area contributed by atoms with Crippen LogP contribution < -0.4 is 11.5 Å². The fourth-order valence-corrected chi connectivity index (χ4v) is 4.97. The van der Waals surface area contributed by atoms with Crippen LogP contribution in [0.3, 0.4) is 0 Å². The van der Waals surface area contributed by atoms with Gasteiger partial charge in [0.1, 0.15) is 17.2 Å². The van der Waals surface area contributed by atoms with E-state index in [1.54, 1.807) is 24.0 Å². The maximum atomic E-state index is 12.4. The van der Waals surface area contributed by atoms with E-state index in [1.165, 1.54) is 17.5 Å². The van der Waals surface area contributed by atoms with Crippen molar-refractivity contribution in [2.24, 2.45) is 5.73 Å². The monoisotopic (exact) mass is 547 g/mol. The lowest BCUT2D eigenvalue weighted by Gasteiger charge is -2.12. The van der Waals surface area contributed by atoms with Crippen molar-refractivity contribution in [3.8, 4) is 22.9 Å². The quantitative estimate of drug-likeness (QED) is 0.334. The Labute approximate surface area is 234 Å². The third kappa shape index (κ3) is 5.00. The maximum Gasteiger partial charge on any atom is 0.250 e. The molecule has 1 aromatic carbocycles. The molecule has 0 saturated carbocycles. The summed E-state index contributed by atoms with van der Waals surface area (Å²) in [6.07, 6.45) is 9.80. The van der Waals surface area contributed by atoms with Gasteiger partial charge < -0.3 is 11.5 Å². The molecule has 1 aliphatic carbocycles. The number of imidazole rings is 1. The number of anilines is 1.